The van der Waals surface area contributed by atoms with E-state index in [1.807, 2.05) is 0 Å². The average molecular weight is 1020 g/mol. The lowest BCUT2D eigenvalue weighted by Gasteiger charge is -2.26. The van der Waals surface area contributed by atoms with E-state index in [9.17, 15) is 0 Å². The van der Waals surface area contributed by atoms with Gasteiger partial charge in [0.15, 0.2) is 0 Å². The van der Waals surface area contributed by atoms with Crippen molar-refractivity contribution in [2.45, 2.75) is 0 Å². The molecular formula is C78H56N2. The third-order valence-electron chi connectivity index (χ3n) is 15.1. The molecule has 0 heterocycles. The summed E-state index contributed by atoms with van der Waals surface area (Å²) >= 11 is 0. The van der Waals surface area contributed by atoms with Crippen LogP contribution < -0.4 is 9.80 Å². The second-order valence-corrected chi connectivity index (χ2v) is 20.2. The molecule has 2 nitrogen and oxygen atoms in total. The van der Waals surface area contributed by atoms with Crippen LogP contribution in [0.2, 0.25) is 0 Å². The van der Waals surface area contributed by atoms with E-state index < -0.39 is 0 Å². The van der Waals surface area contributed by atoms with Crippen molar-refractivity contribution in [3.8, 4) is 89.0 Å². The molecule has 0 fully saturated rings. The van der Waals surface area contributed by atoms with Crippen molar-refractivity contribution in [1.29, 1.82) is 0 Å². The molecule has 0 spiro atoms. The fourth-order valence-corrected chi connectivity index (χ4v) is 10.8. The third kappa shape index (κ3) is 10.6. The minimum Gasteiger partial charge on any atom is -0.311 e. The van der Waals surface area contributed by atoms with E-state index in [1.54, 1.807) is 0 Å². The molecule has 13 aromatic rings. The molecule has 0 aliphatic rings. The van der Waals surface area contributed by atoms with E-state index in [2.05, 4.69) is 350 Å². The van der Waals surface area contributed by atoms with Gasteiger partial charge in [-0.25, -0.2) is 0 Å². The molecule has 378 valence electrons. The first-order chi connectivity index (χ1) is 39.6. The fraction of sp³-hybridized carbons (Fsp3) is 0. The van der Waals surface area contributed by atoms with Crippen LogP contribution in [0.4, 0.5) is 34.1 Å². The molecule has 13 aromatic carbocycles. The molecule has 0 aliphatic carbocycles. The molecule has 13 rings (SSSR count). The Morgan fingerprint density at radius 2 is 0.250 bits per heavy atom. The van der Waals surface area contributed by atoms with Crippen molar-refractivity contribution >= 4 is 34.1 Å². The molecule has 0 saturated heterocycles. The predicted molar refractivity (Wildman–Crippen MR) is 339 cm³/mol. The van der Waals surface area contributed by atoms with Gasteiger partial charge in [-0.1, -0.05) is 261 Å². The van der Waals surface area contributed by atoms with Crippen LogP contribution in [0.1, 0.15) is 0 Å². The van der Waals surface area contributed by atoms with E-state index >= 15 is 0 Å². The lowest BCUT2D eigenvalue weighted by Crippen LogP contribution is -2.09. The zero-order valence-corrected chi connectivity index (χ0v) is 44.2. The summed E-state index contributed by atoms with van der Waals surface area (Å²) in [6.07, 6.45) is 0. The number of benzene rings is 13. The Morgan fingerprint density at radius 1 is 0.113 bits per heavy atom. The maximum Gasteiger partial charge on any atom is 0.0462 e. The van der Waals surface area contributed by atoms with Gasteiger partial charge in [-0.15, -0.1) is 0 Å². The van der Waals surface area contributed by atoms with Gasteiger partial charge in [0.05, 0.1) is 0 Å². The molecule has 0 saturated carbocycles. The van der Waals surface area contributed by atoms with Crippen molar-refractivity contribution in [3.05, 3.63) is 340 Å². The summed E-state index contributed by atoms with van der Waals surface area (Å²) in [4.78, 5) is 4.69. The van der Waals surface area contributed by atoms with E-state index in [1.165, 1.54) is 72.3 Å². The lowest BCUT2D eigenvalue weighted by molar-refractivity contribution is 1.28. The van der Waals surface area contributed by atoms with Gasteiger partial charge in [0.25, 0.3) is 0 Å². The van der Waals surface area contributed by atoms with Crippen LogP contribution in [0.5, 0.6) is 0 Å². The van der Waals surface area contributed by atoms with Gasteiger partial charge in [0.2, 0.25) is 0 Å². The highest BCUT2D eigenvalue weighted by molar-refractivity contribution is 5.84. The smallest absolute Gasteiger partial charge is 0.0462 e. The zero-order valence-electron chi connectivity index (χ0n) is 44.2. The van der Waals surface area contributed by atoms with Crippen LogP contribution in [-0.4, -0.2) is 0 Å². The second-order valence-electron chi connectivity index (χ2n) is 20.2. The third-order valence-corrected chi connectivity index (χ3v) is 15.1. The summed E-state index contributed by atoms with van der Waals surface area (Å²) < 4.78 is 0. The highest BCUT2D eigenvalue weighted by Crippen LogP contribution is 2.41. The van der Waals surface area contributed by atoms with Crippen molar-refractivity contribution < 1.29 is 0 Å². The van der Waals surface area contributed by atoms with Gasteiger partial charge in [0.1, 0.15) is 0 Å². The molecule has 0 unspecified atom stereocenters. The summed E-state index contributed by atoms with van der Waals surface area (Å²) in [5, 5.41) is 0. The van der Waals surface area contributed by atoms with Crippen LogP contribution >= 0.6 is 0 Å². The van der Waals surface area contributed by atoms with Crippen molar-refractivity contribution in [1.82, 2.24) is 0 Å². The van der Waals surface area contributed by atoms with Gasteiger partial charge < -0.3 is 9.80 Å². The highest BCUT2D eigenvalue weighted by atomic mass is 15.1. The van der Waals surface area contributed by atoms with Gasteiger partial charge in [-0.2, -0.15) is 0 Å². The van der Waals surface area contributed by atoms with Crippen LogP contribution in [0.15, 0.2) is 340 Å². The molecule has 2 heteroatoms. The van der Waals surface area contributed by atoms with Gasteiger partial charge in [-0.05, 0) is 168 Å². The Labute approximate surface area is 470 Å². The minimum absolute atomic E-state index is 1.08. The SMILES string of the molecule is c1ccc(-c2ccc(-c3ccc(N(c4ccc(-c5ccc(-c6ccc(N(c7ccc(-c8ccccc8)cc7)c7ccc(-c8ccccc8)cc7)cc6)cc5)cc4)c4ccc(-c5cccc(-c6ccccc6)c5)cc4)cc3)cc2)cc1. The number of nitrogens with zero attached hydrogens (tertiary/aromatic N) is 2. The van der Waals surface area contributed by atoms with Crippen LogP contribution in [0.3, 0.4) is 0 Å². The summed E-state index contributed by atoms with van der Waals surface area (Å²) in [6, 6.07) is 122. The van der Waals surface area contributed by atoms with Crippen molar-refractivity contribution in [3.63, 3.8) is 0 Å². The molecule has 0 bridgehead atoms. The van der Waals surface area contributed by atoms with Crippen molar-refractivity contribution in [2.24, 2.45) is 0 Å². The Balaban J connectivity index is 0.767. The first-order valence-electron chi connectivity index (χ1n) is 27.4. The first-order valence-corrected chi connectivity index (χ1v) is 27.4. The monoisotopic (exact) mass is 1020 g/mol. The fourth-order valence-electron chi connectivity index (χ4n) is 10.8. The minimum atomic E-state index is 1.08. The summed E-state index contributed by atoms with van der Waals surface area (Å²) in [6.45, 7) is 0. The summed E-state index contributed by atoms with van der Waals surface area (Å²) in [7, 11) is 0. The normalized spacial score (nSPS) is 11.0. The predicted octanol–water partition coefficient (Wildman–Crippen LogP) is 22.0. The summed E-state index contributed by atoms with van der Waals surface area (Å²) in [5.74, 6) is 0. The van der Waals surface area contributed by atoms with E-state index in [0.29, 0.717) is 0 Å². The van der Waals surface area contributed by atoms with Gasteiger partial charge in [0, 0.05) is 34.1 Å². The second kappa shape index (κ2) is 22.6. The molecule has 0 radical (unpaired) electrons. The molecule has 0 amide bonds. The summed E-state index contributed by atoms with van der Waals surface area (Å²) in [5.41, 5.74) is 25.6. The quantitative estimate of drug-likeness (QED) is 0.107. The maximum atomic E-state index is 2.35. The number of rotatable bonds is 14. The number of hydrogen-bond acceptors (Lipinski definition) is 2. The molecule has 80 heavy (non-hydrogen) atoms. The van der Waals surface area contributed by atoms with Crippen molar-refractivity contribution in [2.75, 3.05) is 9.80 Å². The topological polar surface area (TPSA) is 6.48 Å². The van der Waals surface area contributed by atoms with Crippen LogP contribution in [0.25, 0.3) is 89.0 Å². The molecule has 0 atom stereocenters. The number of hydrogen-bond donors (Lipinski definition) is 0. The van der Waals surface area contributed by atoms with Crippen LogP contribution in [-0.2, 0) is 0 Å². The number of anilines is 6. The Kier molecular flexibility index (Phi) is 13.8. The van der Waals surface area contributed by atoms with E-state index in [-0.39, 0.29) is 0 Å². The first kappa shape index (κ1) is 49.1. The highest BCUT2D eigenvalue weighted by Gasteiger charge is 2.17. The largest absolute Gasteiger partial charge is 0.311 e. The Morgan fingerprint density at radius 3 is 0.450 bits per heavy atom. The standard InChI is InChI=1S/C78H56N2/c1-5-14-57(15-6-1)61-24-26-62(27-25-61)67-36-50-76(51-37-67)80(78-54-42-70(43-55-78)72-23-13-22-71(56-72)60-20-11-4-12-21-60)77-52-40-69(41-53-77)64-30-28-63(29-31-64)68-38-48-75(49-39-68)79(73-44-32-65(33-45-73)58-16-7-2-8-17-58)74-46-34-66(35-47-74)59-18-9-3-10-19-59/h1-56H. The molecule has 0 N–H and O–H groups in total. The maximum absolute atomic E-state index is 2.35. The van der Waals surface area contributed by atoms with E-state index in [0.717, 1.165) is 50.8 Å². The Bertz CT molecular complexity index is 4020. The zero-order chi connectivity index (χ0) is 53.5. The van der Waals surface area contributed by atoms with Gasteiger partial charge in [-0.3, -0.25) is 0 Å². The van der Waals surface area contributed by atoms with Gasteiger partial charge >= 0.3 is 0 Å². The molecule has 0 aliphatic heterocycles. The molecule has 0 aromatic heterocycles. The van der Waals surface area contributed by atoms with Crippen LogP contribution in [0, 0.1) is 0 Å². The van der Waals surface area contributed by atoms with E-state index in [4.69, 9.17) is 0 Å². The average Bonchev–Trinajstić information content (AvgIpc) is 3.57. The molecular weight excluding hydrogens is 965 g/mol. The Hall–Kier alpha value is -10.5. The lowest BCUT2D eigenvalue weighted by atomic mass is 9.98.